The van der Waals surface area contributed by atoms with E-state index in [0.29, 0.717) is 34.4 Å². The Morgan fingerprint density at radius 2 is 1.87 bits per heavy atom. The van der Waals surface area contributed by atoms with Crippen LogP contribution >= 0.6 is 11.3 Å². The molecule has 1 aliphatic rings. The molecule has 1 atom stereocenters. The summed E-state index contributed by atoms with van der Waals surface area (Å²) in [7, 11) is 5.15. The van der Waals surface area contributed by atoms with Crippen LogP contribution in [0.1, 0.15) is 28.5 Å². The molecule has 9 nitrogen and oxygen atoms in total. The maximum Gasteiger partial charge on any atom is 0.339 e. The molecule has 0 spiro atoms. The lowest BCUT2D eigenvalue weighted by Gasteiger charge is -2.27. The van der Waals surface area contributed by atoms with Crippen molar-refractivity contribution in [3.63, 3.8) is 0 Å². The molecule has 0 bridgehead atoms. The van der Waals surface area contributed by atoms with Crippen LogP contribution < -0.4 is 14.8 Å². The number of thiazole rings is 1. The molecule has 2 aromatic heterocycles. The van der Waals surface area contributed by atoms with Crippen molar-refractivity contribution in [2.45, 2.75) is 26.0 Å². The highest BCUT2D eigenvalue weighted by Gasteiger charge is 2.28. The number of hydrogen-bond donors (Lipinski definition) is 1. The van der Waals surface area contributed by atoms with E-state index in [1.54, 1.807) is 27.2 Å². The second-order valence-corrected chi connectivity index (χ2v) is 9.92. The van der Waals surface area contributed by atoms with Crippen molar-refractivity contribution in [1.82, 2.24) is 14.9 Å². The quantitative estimate of drug-likeness (QED) is 0.346. The van der Waals surface area contributed by atoms with Crippen LogP contribution in [0.2, 0.25) is 0 Å². The Morgan fingerprint density at radius 1 is 1.08 bits per heavy atom. The number of hydrogen-bond acceptors (Lipinski definition) is 9. The molecule has 3 heterocycles. The van der Waals surface area contributed by atoms with Gasteiger partial charge in [0.2, 0.25) is 0 Å². The van der Waals surface area contributed by atoms with Crippen LogP contribution in [0, 0.1) is 0 Å². The number of carbonyl (C=O) groups excluding carboxylic acids is 2. The van der Waals surface area contributed by atoms with Gasteiger partial charge in [-0.25, -0.2) is 9.78 Å². The van der Waals surface area contributed by atoms with Crippen LogP contribution in [0.4, 0.5) is 5.13 Å². The van der Waals surface area contributed by atoms with Crippen molar-refractivity contribution >= 4 is 39.2 Å². The van der Waals surface area contributed by atoms with Crippen molar-refractivity contribution < 1.29 is 23.8 Å². The average molecular weight is 533 g/mol. The van der Waals surface area contributed by atoms with E-state index in [0.717, 1.165) is 40.7 Å². The molecule has 1 amide bonds. The first-order valence-corrected chi connectivity index (χ1v) is 13.0. The third-order valence-corrected chi connectivity index (χ3v) is 7.27. The topological polar surface area (TPSA) is 103 Å². The molecule has 2 aromatic carbocycles. The van der Waals surface area contributed by atoms with Crippen LogP contribution in [0.5, 0.6) is 11.5 Å². The Bertz CT molecular complexity index is 1520. The summed E-state index contributed by atoms with van der Waals surface area (Å²) < 4.78 is 16.3. The van der Waals surface area contributed by atoms with Gasteiger partial charge in [-0.2, -0.15) is 0 Å². The Kier molecular flexibility index (Phi) is 7.26. The zero-order chi connectivity index (χ0) is 26.8. The highest BCUT2D eigenvalue weighted by molar-refractivity contribution is 7.14. The first kappa shape index (κ1) is 25.6. The maximum absolute atomic E-state index is 13.4. The minimum Gasteiger partial charge on any atom is -0.493 e. The molecule has 5 rings (SSSR count). The molecule has 196 valence electrons. The fourth-order valence-corrected chi connectivity index (χ4v) is 5.22. The van der Waals surface area contributed by atoms with Gasteiger partial charge in [0, 0.05) is 47.1 Å². The standard InChI is InChI=1S/C28H28N4O5S/c1-16(26(33)31-28-30-22(15-38-28)17-9-10-23(35-3)24(13-17)36-4)37-27(34)25-18-7-5-6-8-20(18)29-21-11-12-32(2)14-19(21)25/h5-10,13,15-16H,11-12,14H2,1-4H3,(H,30,31,33). The predicted octanol–water partition coefficient (Wildman–Crippen LogP) is 4.55. The van der Waals surface area contributed by atoms with E-state index in [-0.39, 0.29) is 0 Å². The first-order valence-electron chi connectivity index (χ1n) is 12.2. The smallest absolute Gasteiger partial charge is 0.339 e. The third-order valence-electron chi connectivity index (χ3n) is 6.51. The number of anilines is 1. The van der Waals surface area contributed by atoms with Gasteiger partial charge in [-0.1, -0.05) is 18.2 Å². The predicted molar refractivity (Wildman–Crippen MR) is 146 cm³/mol. The number of nitrogens with zero attached hydrogens (tertiary/aromatic N) is 3. The van der Waals surface area contributed by atoms with Crippen LogP contribution in [-0.4, -0.2) is 60.7 Å². The number of rotatable bonds is 7. The number of amides is 1. The number of likely N-dealkylation sites (N-methyl/N-ethyl adjacent to an activating group) is 1. The lowest BCUT2D eigenvalue weighted by Crippen LogP contribution is -2.32. The summed E-state index contributed by atoms with van der Waals surface area (Å²) in [6, 6.07) is 13.0. The second kappa shape index (κ2) is 10.8. The molecule has 0 fully saturated rings. The van der Waals surface area contributed by atoms with Crippen molar-refractivity contribution in [3.8, 4) is 22.8 Å². The Labute approximate surface area is 224 Å². The molecule has 0 radical (unpaired) electrons. The minimum absolute atomic E-state index is 0.399. The molecule has 1 aliphatic heterocycles. The molecular formula is C28H28N4O5S. The van der Waals surface area contributed by atoms with Crippen LogP contribution in [0.15, 0.2) is 47.8 Å². The van der Waals surface area contributed by atoms with E-state index in [9.17, 15) is 9.59 Å². The number of aromatic nitrogens is 2. The Balaban J connectivity index is 1.32. The lowest BCUT2D eigenvalue weighted by atomic mass is 9.96. The largest absolute Gasteiger partial charge is 0.493 e. The molecule has 1 unspecified atom stereocenters. The molecule has 38 heavy (non-hydrogen) atoms. The Hall–Kier alpha value is -4.02. The lowest BCUT2D eigenvalue weighted by molar-refractivity contribution is -0.123. The fraction of sp³-hybridized carbons (Fsp3) is 0.286. The average Bonchev–Trinajstić information content (AvgIpc) is 3.39. The van der Waals surface area contributed by atoms with Gasteiger partial charge < -0.3 is 19.1 Å². The molecule has 0 saturated carbocycles. The summed E-state index contributed by atoms with van der Waals surface area (Å²) in [4.78, 5) is 37.8. The zero-order valence-corrected chi connectivity index (χ0v) is 22.4. The monoisotopic (exact) mass is 532 g/mol. The number of pyridine rings is 1. The number of nitrogens with one attached hydrogen (secondary N) is 1. The van der Waals surface area contributed by atoms with Gasteiger partial charge in [0.25, 0.3) is 5.91 Å². The number of esters is 1. The zero-order valence-electron chi connectivity index (χ0n) is 21.6. The van der Waals surface area contributed by atoms with Crippen molar-refractivity contribution in [2.24, 2.45) is 0 Å². The summed E-state index contributed by atoms with van der Waals surface area (Å²) >= 11 is 1.28. The van der Waals surface area contributed by atoms with E-state index in [1.807, 2.05) is 48.8 Å². The number of fused-ring (bicyclic) bond motifs is 2. The molecule has 0 aliphatic carbocycles. The highest BCUT2D eigenvalue weighted by atomic mass is 32.1. The van der Waals surface area contributed by atoms with E-state index < -0.39 is 18.0 Å². The fourth-order valence-electron chi connectivity index (χ4n) is 4.50. The SMILES string of the molecule is COc1ccc(-c2csc(NC(=O)C(C)OC(=O)c3c4c(nc5ccccc35)CCN(C)C4)n2)cc1OC. The van der Waals surface area contributed by atoms with Crippen molar-refractivity contribution in [3.05, 3.63) is 64.7 Å². The van der Waals surface area contributed by atoms with Gasteiger partial charge in [0.1, 0.15) is 0 Å². The highest BCUT2D eigenvalue weighted by Crippen LogP contribution is 2.34. The number of benzene rings is 2. The molecule has 1 N–H and O–H groups in total. The summed E-state index contributed by atoms with van der Waals surface area (Å²) in [5.74, 6) is 0.200. The van der Waals surface area contributed by atoms with Crippen LogP contribution in [-0.2, 0) is 22.5 Å². The Morgan fingerprint density at radius 3 is 2.66 bits per heavy atom. The van der Waals surface area contributed by atoms with Gasteiger partial charge in [0.05, 0.1) is 31.0 Å². The second-order valence-electron chi connectivity index (χ2n) is 9.06. The van der Waals surface area contributed by atoms with E-state index in [1.165, 1.54) is 11.3 Å². The molecule has 0 saturated heterocycles. The number of carbonyl (C=O) groups is 2. The normalized spacial score (nSPS) is 14.0. The van der Waals surface area contributed by atoms with Crippen LogP contribution in [0.3, 0.4) is 0 Å². The van der Waals surface area contributed by atoms with E-state index >= 15 is 0 Å². The van der Waals surface area contributed by atoms with Crippen molar-refractivity contribution in [2.75, 3.05) is 33.1 Å². The number of methoxy groups -OCH3 is 2. The van der Waals surface area contributed by atoms with E-state index in [2.05, 4.69) is 15.2 Å². The maximum atomic E-state index is 13.4. The summed E-state index contributed by atoms with van der Waals surface area (Å²) in [5, 5.41) is 5.71. The third kappa shape index (κ3) is 5.05. The first-order chi connectivity index (χ1) is 18.4. The van der Waals surface area contributed by atoms with Gasteiger partial charge in [-0.05, 0) is 38.2 Å². The van der Waals surface area contributed by atoms with Gasteiger partial charge >= 0.3 is 5.97 Å². The number of para-hydroxylation sites is 1. The summed E-state index contributed by atoms with van der Waals surface area (Å²) in [6.07, 6.45) is -0.278. The van der Waals surface area contributed by atoms with E-state index in [4.69, 9.17) is 19.2 Å². The van der Waals surface area contributed by atoms with Gasteiger partial charge in [-0.3, -0.25) is 15.1 Å². The number of ether oxygens (including phenoxy) is 3. The van der Waals surface area contributed by atoms with Crippen LogP contribution in [0.25, 0.3) is 22.2 Å². The summed E-state index contributed by atoms with van der Waals surface area (Å²) in [5.41, 5.74) is 4.46. The molecule has 4 aromatic rings. The minimum atomic E-state index is -1.03. The van der Waals surface area contributed by atoms with Gasteiger partial charge in [0.15, 0.2) is 22.7 Å². The molecule has 10 heteroatoms. The molecular weight excluding hydrogens is 504 g/mol. The van der Waals surface area contributed by atoms with Crippen molar-refractivity contribution in [1.29, 1.82) is 0 Å². The van der Waals surface area contributed by atoms with Gasteiger partial charge in [-0.15, -0.1) is 11.3 Å². The summed E-state index contributed by atoms with van der Waals surface area (Å²) in [6.45, 7) is 3.01.